The van der Waals surface area contributed by atoms with Gasteiger partial charge in [0.25, 0.3) is 0 Å². The molecule has 4 nitrogen and oxygen atoms in total. The van der Waals surface area contributed by atoms with E-state index in [4.69, 9.17) is 4.52 Å². The molecule has 1 aliphatic rings. The predicted molar refractivity (Wildman–Crippen MR) is 52.9 cm³/mol. The summed E-state index contributed by atoms with van der Waals surface area (Å²) in [4.78, 5) is 4.42. The first-order valence-corrected chi connectivity index (χ1v) is 5.07. The Morgan fingerprint density at radius 3 is 2.64 bits per heavy atom. The van der Waals surface area contributed by atoms with Gasteiger partial charge in [-0.3, -0.25) is 0 Å². The molecule has 2 atom stereocenters. The van der Waals surface area contributed by atoms with E-state index < -0.39 is 0 Å². The molecule has 1 aromatic rings. The Bertz CT molecular complexity index is 332. The van der Waals surface area contributed by atoms with Crippen LogP contribution >= 0.6 is 0 Å². The number of rotatable bonds is 3. The third-order valence-electron chi connectivity index (χ3n) is 3.04. The third-order valence-corrected chi connectivity index (χ3v) is 3.04. The Kier molecular flexibility index (Phi) is 2.10. The zero-order chi connectivity index (χ0) is 10.3. The molecule has 0 spiro atoms. The van der Waals surface area contributed by atoms with Crippen LogP contribution in [0.1, 0.15) is 44.8 Å². The smallest absolute Gasteiger partial charge is 0.246 e. The Balaban J connectivity index is 2.17. The Hall–Kier alpha value is -0.900. The van der Waals surface area contributed by atoms with Gasteiger partial charge in [-0.1, -0.05) is 12.1 Å². The molecule has 0 amide bonds. The van der Waals surface area contributed by atoms with Gasteiger partial charge in [-0.05, 0) is 33.2 Å². The van der Waals surface area contributed by atoms with Crippen molar-refractivity contribution in [2.45, 2.75) is 38.6 Å². The van der Waals surface area contributed by atoms with Crippen LogP contribution < -0.4 is 5.32 Å². The average Bonchev–Trinajstić information content (AvgIpc) is 2.70. The van der Waals surface area contributed by atoms with E-state index in [9.17, 15) is 0 Å². The third kappa shape index (κ3) is 1.54. The topological polar surface area (TPSA) is 51.0 Å². The van der Waals surface area contributed by atoms with Gasteiger partial charge in [-0.25, -0.2) is 0 Å². The number of nitrogens with one attached hydrogen (secondary N) is 1. The molecule has 0 radical (unpaired) electrons. The van der Waals surface area contributed by atoms with Crippen LogP contribution in [0.5, 0.6) is 0 Å². The molecule has 0 saturated heterocycles. The lowest BCUT2D eigenvalue weighted by Gasteiger charge is -2.17. The molecule has 1 saturated carbocycles. The maximum Gasteiger partial charge on any atom is 0.246 e. The van der Waals surface area contributed by atoms with Crippen molar-refractivity contribution in [1.29, 1.82) is 0 Å². The predicted octanol–water partition coefficient (Wildman–Crippen LogP) is 1.65. The highest BCUT2D eigenvalue weighted by Crippen LogP contribution is 2.45. The highest BCUT2D eigenvalue weighted by atomic mass is 16.5. The molecule has 1 fully saturated rings. The van der Waals surface area contributed by atoms with E-state index >= 15 is 0 Å². The first-order valence-electron chi connectivity index (χ1n) is 5.07. The monoisotopic (exact) mass is 195 g/mol. The normalized spacial score (nSPS) is 26.6. The molecule has 0 aromatic carbocycles. The zero-order valence-electron chi connectivity index (χ0n) is 9.16. The standard InChI is InChI=1S/C10H17N3O/c1-6-5-7(6)8-12-9(14-13-8)10(2,3)11-4/h6-7,11H,5H2,1-4H3. The molecule has 1 aromatic heterocycles. The second-order valence-electron chi connectivity index (χ2n) is 4.65. The number of aromatic nitrogens is 2. The molecule has 1 aliphatic carbocycles. The van der Waals surface area contributed by atoms with E-state index in [0.717, 1.165) is 11.7 Å². The van der Waals surface area contributed by atoms with Crippen LogP contribution in [0.2, 0.25) is 0 Å². The summed E-state index contributed by atoms with van der Waals surface area (Å²) in [6.07, 6.45) is 1.19. The molecule has 4 heteroatoms. The second kappa shape index (κ2) is 3.05. The molecule has 0 aliphatic heterocycles. The van der Waals surface area contributed by atoms with Crippen LogP contribution in [0.3, 0.4) is 0 Å². The maximum atomic E-state index is 5.25. The first kappa shape index (κ1) is 9.65. The second-order valence-corrected chi connectivity index (χ2v) is 4.65. The van der Waals surface area contributed by atoms with Crippen LogP contribution in [-0.2, 0) is 5.54 Å². The summed E-state index contributed by atoms with van der Waals surface area (Å²) in [5.74, 6) is 2.79. The zero-order valence-corrected chi connectivity index (χ0v) is 9.16. The number of nitrogens with zero attached hydrogens (tertiary/aromatic N) is 2. The minimum Gasteiger partial charge on any atom is -0.337 e. The number of hydrogen-bond donors (Lipinski definition) is 1. The lowest BCUT2D eigenvalue weighted by atomic mass is 10.1. The van der Waals surface area contributed by atoms with Crippen LogP contribution in [0, 0.1) is 5.92 Å². The van der Waals surface area contributed by atoms with Gasteiger partial charge in [0.2, 0.25) is 5.89 Å². The van der Waals surface area contributed by atoms with Gasteiger partial charge in [0, 0.05) is 5.92 Å². The maximum absolute atomic E-state index is 5.25. The van der Waals surface area contributed by atoms with Crippen LogP contribution in [0.15, 0.2) is 4.52 Å². The van der Waals surface area contributed by atoms with Gasteiger partial charge in [0.05, 0.1) is 5.54 Å². The summed E-state index contributed by atoms with van der Waals surface area (Å²) in [5.41, 5.74) is -0.233. The van der Waals surface area contributed by atoms with Crippen LogP contribution in [0.4, 0.5) is 0 Å². The van der Waals surface area contributed by atoms with Crippen molar-refractivity contribution in [2.75, 3.05) is 7.05 Å². The van der Waals surface area contributed by atoms with E-state index in [1.807, 2.05) is 20.9 Å². The van der Waals surface area contributed by atoms with E-state index in [2.05, 4.69) is 22.4 Å². The van der Waals surface area contributed by atoms with Crippen molar-refractivity contribution in [3.63, 3.8) is 0 Å². The quantitative estimate of drug-likeness (QED) is 0.796. The summed E-state index contributed by atoms with van der Waals surface area (Å²) in [6.45, 7) is 6.27. The lowest BCUT2D eigenvalue weighted by molar-refractivity contribution is 0.279. The molecule has 2 rings (SSSR count). The van der Waals surface area contributed by atoms with Crippen molar-refractivity contribution in [3.8, 4) is 0 Å². The van der Waals surface area contributed by atoms with Gasteiger partial charge in [-0.2, -0.15) is 4.98 Å². The molecular formula is C10H17N3O. The highest BCUT2D eigenvalue weighted by molar-refractivity contribution is 5.09. The van der Waals surface area contributed by atoms with Gasteiger partial charge in [0.1, 0.15) is 0 Å². The fourth-order valence-electron chi connectivity index (χ4n) is 1.43. The number of hydrogen-bond acceptors (Lipinski definition) is 4. The first-order chi connectivity index (χ1) is 6.54. The molecular weight excluding hydrogens is 178 g/mol. The Morgan fingerprint density at radius 2 is 2.14 bits per heavy atom. The lowest BCUT2D eigenvalue weighted by Crippen LogP contribution is -2.33. The summed E-state index contributed by atoms with van der Waals surface area (Å²) < 4.78 is 5.25. The minimum atomic E-state index is -0.233. The summed E-state index contributed by atoms with van der Waals surface area (Å²) >= 11 is 0. The van der Waals surface area contributed by atoms with Crippen molar-refractivity contribution < 1.29 is 4.52 Å². The Morgan fingerprint density at radius 1 is 1.50 bits per heavy atom. The molecule has 2 unspecified atom stereocenters. The van der Waals surface area contributed by atoms with Crippen LogP contribution in [0.25, 0.3) is 0 Å². The summed E-state index contributed by atoms with van der Waals surface area (Å²) in [7, 11) is 1.89. The van der Waals surface area contributed by atoms with Crippen molar-refractivity contribution in [1.82, 2.24) is 15.5 Å². The van der Waals surface area contributed by atoms with E-state index in [1.165, 1.54) is 6.42 Å². The van der Waals surface area contributed by atoms with Gasteiger partial charge >= 0.3 is 0 Å². The SMILES string of the molecule is CNC(C)(C)c1nc(C2CC2C)no1. The highest BCUT2D eigenvalue weighted by Gasteiger charge is 2.39. The molecule has 1 N–H and O–H groups in total. The molecule has 1 heterocycles. The van der Waals surface area contributed by atoms with Gasteiger partial charge < -0.3 is 9.84 Å². The minimum absolute atomic E-state index is 0.233. The molecule has 14 heavy (non-hydrogen) atoms. The molecule has 78 valence electrons. The van der Waals surface area contributed by atoms with E-state index in [-0.39, 0.29) is 5.54 Å². The van der Waals surface area contributed by atoms with Crippen molar-refractivity contribution in [3.05, 3.63) is 11.7 Å². The van der Waals surface area contributed by atoms with E-state index in [1.54, 1.807) is 0 Å². The fourth-order valence-corrected chi connectivity index (χ4v) is 1.43. The van der Waals surface area contributed by atoms with Gasteiger partial charge in [0.15, 0.2) is 5.82 Å². The van der Waals surface area contributed by atoms with E-state index in [0.29, 0.717) is 11.8 Å². The largest absolute Gasteiger partial charge is 0.337 e. The summed E-state index contributed by atoms with van der Waals surface area (Å²) in [5, 5.41) is 7.16. The van der Waals surface area contributed by atoms with Crippen molar-refractivity contribution in [2.24, 2.45) is 5.92 Å². The summed E-state index contributed by atoms with van der Waals surface area (Å²) in [6, 6.07) is 0. The fraction of sp³-hybridized carbons (Fsp3) is 0.800. The van der Waals surface area contributed by atoms with Crippen LogP contribution in [-0.4, -0.2) is 17.2 Å². The molecule has 0 bridgehead atoms. The Labute approximate surface area is 84.1 Å². The van der Waals surface area contributed by atoms with Crippen molar-refractivity contribution >= 4 is 0 Å². The van der Waals surface area contributed by atoms with Gasteiger partial charge in [-0.15, -0.1) is 0 Å². The average molecular weight is 195 g/mol.